The first-order chi connectivity index (χ1) is 6.36. The van der Waals surface area contributed by atoms with E-state index in [1.807, 2.05) is 20.8 Å². The Morgan fingerprint density at radius 2 is 2.23 bits per heavy atom. The first kappa shape index (κ1) is 10.1. The van der Waals surface area contributed by atoms with E-state index in [2.05, 4.69) is 5.16 Å². The van der Waals surface area contributed by atoms with E-state index >= 15 is 0 Å². The summed E-state index contributed by atoms with van der Waals surface area (Å²) >= 11 is 0. The lowest BCUT2D eigenvalue weighted by Crippen LogP contribution is -1.98. The molecule has 2 rings (SSSR count). The summed E-state index contributed by atoms with van der Waals surface area (Å²) in [5, 5.41) is 3.62. The van der Waals surface area contributed by atoms with Crippen LogP contribution in [0.15, 0.2) is 10.7 Å². The number of rotatable bonds is 3. The molecule has 0 atom stereocenters. The lowest BCUT2D eigenvalue weighted by Gasteiger charge is -1.98. The van der Waals surface area contributed by atoms with Crippen LogP contribution in [0.2, 0.25) is 0 Å². The maximum atomic E-state index is 5.37. The fourth-order valence-electron chi connectivity index (χ4n) is 0.896. The van der Waals surface area contributed by atoms with Gasteiger partial charge in [0.05, 0.1) is 18.4 Å². The highest BCUT2D eigenvalue weighted by molar-refractivity contribution is 5.16. The van der Waals surface area contributed by atoms with Crippen LogP contribution in [0.5, 0.6) is 5.95 Å². The van der Waals surface area contributed by atoms with Crippen molar-refractivity contribution in [3.63, 3.8) is 0 Å². The molecule has 0 amide bonds. The van der Waals surface area contributed by atoms with Crippen LogP contribution in [0.4, 0.5) is 0 Å². The summed E-state index contributed by atoms with van der Waals surface area (Å²) in [6.07, 6.45) is 4.27. The number of aryl methyl sites for hydroxylation is 1. The minimum Gasteiger partial charge on any atom is -0.463 e. The number of hydrogen-bond donors (Lipinski definition) is 0. The van der Waals surface area contributed by atoms with Gasteiger partial charge in [0.2, 0.25) is 0 Å². The van der Waals surface area contributed by atoms with Gasteiger partial charge in [-0.2, -0.15) is 0 Å². The number of nitrogens with zero attached hydrogens (tertiary/aromatic N) is 1. The molecule has 3 heteroatoms. The molecular formula is C10H17NO2. The summed E-state index contributed by atoms with van der Waals surface area (Å²) in [6, 6.07) is 0. The second-order valence-corrected chi connectivity index (χ2v) is 3.05. The van der Waals surface area contributed by atoms with E-state index in [-0.39, 0.29) is 0 Å². The van der Waals surface area contributed by atoms with Crippen LogP contribution in [-0.4, -0.2) is 11.8 Å². The van der Waals surface area contributed by atoms with Crippen LogP contribution in [0.1, 0.15) is 32.3 Å². The Balaban J connectivity index is 0.000000396. The molecule has 74 valence electrons. The highest BCUT2D eigenvalue weighted by Gasteiger charge is 2.22. The van der Waals surface area contributed by atoms with Gasteiger partial charge in [0, 0.05) is 0 Å². The average Bonchev–Trinajstić information content (AvgIpc) is 2.91. The third kappa shape index (κ3) is 3.09. The zero-order valence-electron chi connectivity index (χ0n) is 8.54. The molecule has 0 unspecified atom stereocenters. The summed E-state index contributed by atoms with van der Waals surface area (Å²) in [4.78, 5) is 0. The molecule has 1 heterocycles. The van der Waals surface area contributed by atoms with Crippen molar-refractivity contribution in [2.75, 3.05) is 6.61 Å². The van der Waals surface area contributed by atoms with Gasteiger partial charge in [-0.3, -0.25) is 0 Å². The molecule has 0 N–H and O–H groups in total. The Kier molecular flexibility index (Phi) is 3.80. The Morgan fingerprint density at radius 1 is 1.54 bits per heavy atom. The van der Waals surface area contributed by atoms with Crippen LogP contribution in [0.3, 0.4) is 0 Å². The largest absolute Gasteiger partial charge is 0.463 e. The molecule has 1 aromatic rings. The molecule has 3 nitrogen and oxygen atoms in total. The van der Waals surface area contributed by atoms with Crippen molar-refractivity contribution < 1.29 is 9.26 Å². The SMILES string of the molecule is CC.Cc1cnoc1OCC1CC1. The van der Waals surface area contributed by atoms with Crippen molar-refractivity contribution in [2.24, 2.45) is 5.92 Å². The fraction of sp³-hybridized carbons (Fsp3) is 0.700. The normalized spacial score (nSPS) is 14.7. The Morgan fingerprint density at radius 3 is 2.69 bits per heavy atom. The first-order valence-electron chi connectivity index (χ1n) is 4.90. The summed E-state index contributed by atoms with van der Waals surface area (Å²) in [5.41, 5.74) is 0.977. The number of ether oxygens (including phenoxy) is 1. The van der Waals surface area contributed by atoms with Crippen molar-refractivity contribution in [1.82, 2.24) is 5.16 Å². The Hall–Kier alpha value is -0.990. The van der Waals surface area contributed by atoms with Gasteiger partial charge < -0.3 is 9.26 Å². The lowest BCUT2D eigenvalue weighted by molar-refractivity contribution is 0.203. The third-order valence-electron chi connectivity index (χ3n) is 1.85. The smallest absolute Gasteiger partial charge is 0.314 e. The molecule has 1 saturated carbocycles. The monoisotopic (exact) mass is 183 g/mol. The van der Waals surface area contributed by atoms with Crippen molar-refractivity contribution >= 4 is 0 Å². The minimum atomic E-state index is 0.580. The number of hydrogen-bond acceptors (Lipinski definition) is 3. The van der Waals surface area contributed by atoms with Crippen LogP contribution < -0.4 is 4.74 Å². The maximum absolute atomic E-state index is 5.37. The molecule has 0 saturated heterocycles. The Bertz CT molecular complexity index is 241. The predicted octanol–water partition coefficient (Wildman–Crippen LogP) is 2.80. The van der Waals surface area contributed by atoms with Crippen molar-refractivity contribution in [3.05, 3.63) is 11.8 Å². The standard InChI is InChI=1S/C8H11NO2.C2H6/c1-6-4-9-11-8(6)10-5-7-2-3-7;1-2/h4,7H,2-3,5H2,1H3;1-2H3. The van der Waals surface area contributed by atoms with Crippen molar-refractivity contribution in [1.29, 1.82) is 0 Å². The molecule has 1 aromatic heterocycles. The molecule has 1 fully saturated rings. The van der Waals surface area contributed by atoms with Gasteiger partial charge in [-0.1, -0.05) is 19.0 Å². The molecule has 1 aliphatic rings. The Labute approximate surface area is 79.1 Å². The van der Waals surface area contributed by atoms with E-state index in [0.717, 1.165) is 18.1 Å². The molecule has 1 aliphatic carbocycles. The molecule has 0 aliphatic heterocycles. The van der Waals surface area contributed by atoms with Gasteiger partial charge >= 0.3 is 5.95 Å². The first-order valence-corrected chi connectivity index (χ1v) is 4.90. The highest BCUT2D eigenvalue weighted by atomic mass is 16.6. The van der Waals surface area contributed by atoms with Gasteiger partial charge in [-0.25, -0.2) is 0 Å². The molecule has 13 heavy (non-hydrogen) atoms. The van der Waals surface area contributed by atoms with Gasteiger partial charge in [0.15, 0.2) is 0 Å². The second-order valence-electron chi connectivity index (χ2n) is 3.05. The maximum Gasteiger partial charge on any atom is 0.314 e. The molecule has 0 spiro atoms. The molecular weight excluding hydrogens is 166 g/mol. The molecule has 0 radical (unpaired) electrons. The number of aromatic nitrogens is 1. The zero-order valence-corrected chi connectivity index (χ0v) is 8.54. The summed E-state index contributed by atoms with van der Waals surface area (Å²) in [7, 11) is 0. The summed E-state index contributed by atoms with van der Waals surface area (Å²) < 4.78 is 10.2. The van der Waals surface area contributed by atoms with E-state index in [4.69, 9.17) is 9.26 Å². The van der Waals surface area contributed by atoms with Crippen LogP contribution >= 0.6 is 0 Å². The van der Waals surface area contributed by atoms with Gasteiger partial charge in [0.1, 0.15) is 0 Å². The minimum absolute atomic E-state index is 0.580. The van der Waals surface area contributed by atoms with E-state index in [0.29, 0.717) is 5.95 Å². The van der Waals surface area contributed by atoms with Crippen LogP contribution in [0, 0.1) is 12.8 Å². The van der Waals surface area contributed by atoms with Gasteiger partial charge in [-0.05, 0) is 25.7 Å². The quantitative estimate of drug-likeness (QED) is 0.722. The fourth-order valence-corrected chi connectivity index (χ4v) is 0.896. The van der Waals surface area contributed by atoms with Gasteiger partial charge in [-0.15, -0.1) is 0 Å². The van der Waals surface area contributed by atoms with Crippen LogP contribution in [0.25, 0.3) is 0 Å². The molecule has 0 bridgehead atoms. The van der Waals surface area contributed by atoms with E-state index in [1.54, 1.807) is 6.20 Å². The van der Waals surface area contributed by atoms with E-state index in [1.165, 1.54) is 12.8 Å². The lowest BCUT2D eigenvalue weighted by atomic mass is 10.4. The van der Waals surface area contributed by atoms with Gasteiger partial charge in [0.25, 0.3) is 0 Å². The average molecular weight is 183 g/mol. The van der Waals surface area contributed by atoms with E-state index < -0.39 is 0 Å². The zero-order chi connectivity index (χ0) is 9.68. The summed E-state index contributed by atoms with van der Waals surface area (Å²) in [5.74, 6) is 1.34. The summed E-state index contributed by atoms with van der Waals surface area (Å²) in [6.45, 7) is 6.72. The topological polar surface area (TPSA) is 35.3 Å². The van der Waals surface area contributed by atoms with Crippen LogP contribution in [-0.2, 0) is 0 Å². The van der Waals surface area contributed by atoms with Crippen molar-refractivity contribution in [3.8, 4) is 5.95 Å². The third-order valence-corrected chi connectivity index (χ3v) is 1.85. The second kappa shape index (κ2) is 4.90. The predicted molar refractivity (Wildman–Crippen MR) is 50.8 cm³/mol. The highest BCUT2D eigenvalue weighted by Crippen LogP contribution is 2.30. The van der Waals surface area contributed by atoms with E-state index in [9.17, 15) is 0 Å². The van der Waals surface area contributed by atoms with Crippen molar-refractivity contribution in [2.45, 2.75) is 33.6 Å². The molecule has 0 aromatic carbocycles.